The average molecular weight is 471 g/mol. The molecule has 0 aliphatic carbocycles. The smallest absolute Gasteiger partial charge is 0.262 e. The molecule has 8 heteroatoms. The van der Waals surface area contributed by atoms with Crippen LogP contribution < -0.4 is 10.9 Å². The van der Waals surface area contributed by atoms with E-state index in [0.29, 0.717) is 27.6 Å². The van der Waals surface area contributed by atoms with Gasteiger partial charge in [0.2, 0.25) is 0 Å². The summed E-state index contributed by atoms with van der Waals surface area (Å²) in [6, 6.07) is 4.30. The number of piperidine rings is 1. The minimum atomic E-state index is -0.0690. The van der Waals surface area contributed by atoms with Gasteiger partial charge in [-0.25, -0.2) is 4.98 Å². The van der Waals surface area contributed by atoms with Crippen LogP contribution in [0.5, 0.6) is 0 Å². The molecule has 1 amide bonds. The van der Waals surface area contributed by atoms with Crippen LogP contribution in [0, 0.1) is 12.8 Å². The van der Waals surface area contributed by atoms with E-state index in [2.05, 4.69) is 27.7 Å². The van der Waals surface area contributed by atoms with Crippen molar-refractivity contribution in [3.63, 3.8) is 0 Å². The first-order valence-corrected chi connectivity index (χ1v) is 13.4. The van der Waals surface area contributed by atoms with Crippen molar-refractivity contribution in [3.05, 3.63) is 49.0 Å². The molecule has 2 aliphatic heterocycles. The van der Waals surface area contributed by atoms with Gasteiger partial charge < -0.3 is 5.32 Å². The van der Waals surface area contributed by atoms with Gasteiger partial charge in [-0.15, -0.1) is 22.7 Å². The second-order valence-electron chi connectivity index (χ2n) is 9.06. The van der Waals surface area contributed by atoms with E-state index in [-0.39, 0.29) is 11.5 Å². The third-order valence-corrected chi connectivity index (χ3v) is 8.78. The topological polar surface area (TPSA) is 67.2 Å². The highest BCUT2D eigenvalue weighted by atomic mass is 32.1. The lowest BCUT2D eigenvalue weighted by molar-refractivity contribution is 0.0934. The Morgan fingerprint density at radius 2 is 2.16 bits per heavy atom. The fraction of sp³-hybridized carbons (Fsp3) is 0.542. The normalized spacial score (nSPS) is 19.6. The number of nitrogens with one attached hydrogen (secondary N) is 1. The van der Waals surface area contributed by atoms with Crippen molar-refractivity contribution in [2.24, 2.45) is 5.92 Å². The van der Waals surface area contributed by atoms with Crippen molar-refractivity contribution in [2.75, 3.05) is 19.6 Å². The van der Waals surface area contributed by atoms with E-state index < -0.39 is 0 Å². The molecule has 1 saturated heterocycles. The number of amides is 1. The van der Waals surface area contributed by atoms with Gasteiger partial charge in [-0.1, -0.05) is 12.5 Å². The van der Waals surface area contributed by atoms with Crippen molar-refractivity contribution >= 4 is 38.8 Å². The molecule has 0 bridgehead atoms. The quantitative estimate of drug-likeness (QED) is 0.607. The molecule has 1 N–H and O–H groups in total. The van der Waals surface area contributed by atoms with Crippen LogP contribution in [0.3, 0.4) is 0 Å². The Kier molecular flexibility index (Phi) is 6.44. The Hall–Kier alpha value is -2.03. The van der Waals surface area contributed by atoms with Crippen LogP contribution in [0.1, 0.15) is 58.0 Å². The summed E-state index contributed by atoms with van der Waals surface area (Å²) in [6.07, 6.45) is 6.37. The second kappa shape index (κ2) is 9.45. The second-order valence-corrected chi connectivity index (χ2v) is 11.1. The molecule has 5 rings (SSSR count). The maximum Gasteiger partial charge on any atom is 0.262 e. The highest BCUT2D eigenvalue weighted by molar-refractivity contribution is 7.20. The first-order valence-electron chi connectivity index (χ1n) is 11.7. The molecular formula is C24H30N4O2S2. The van der Waals surface area contributed by atoms with E-state index in [1.807, 2.05) is 11.5 Å². The number of hydrogen-bond donors (Lipinski definition) is 1. The van der Waals surface area contributed by atoms with Crippen molar-refractivity contribution in [3.8, 4) is 0 Å². The first-order chi connectivity index (χ1) is 15.6. The van der Waals surface area contributed by atoms with E-state index in [1.54, 1.807) is 11.3 Å². The monoisotopic (exact) mass is 470 g/mol. The van der Waals surface area contributed by atoms with Gasteiger partial charge >= 0.3 is 0 Å². The molecule has 5 heterocycles. The van der Waals surface area contributed by atoms with Crippen LogP contribution in [-0.4, -0.2) is 40.0 Å². The van der Waals surface area contributed by atoms with Crippen molar-refractivity contribution in [1.29, 1.82) is 0 Å². The minimum absolute atomic E-state index is 0.0243. The van der Waals surface area contributed by atoms with Gasteiger partial charge in [0.05, 0.1) is 10.3 Å². The molecular weight excluding hydrogens is 440 g/mol. The molecule has 1 atom stereocenters. The third kappa shape index (κ3) is 4.40. The number of thiophene rings is 2. The lowest BCUT2D eigenvalue weighted by atomic mass is 9.98. The third-order valence-electron chi connectivity index (χ3n) is 6.73. The van der Waals surface area contributed by atoms with Gasteiger partial charge in [0.25, 0.3) is 11.5 Å². The van der Waals surface area contributed by atoms with Crippen LogP contribution in [0.25, 0.3) is 10.2 Å². The van der Waals surface area contributed by atoms with Gasteiger partial charge in [-0.2, -0.15) is 0 Å². The summed E-state index contributed by atoms with van der Waals surface area (Å²) >= 11 is 3.18. The van der Waals surface area contributed by atoms with Crippen molar-refractivity contribution < 1.29 is 4.79 Å². The van der Waals surface area contributed by atoms with E-state index in [0.717, 1.165) is 69.7 Å². The SMILES string of the molecule is Cc1c(C(=O)NCC2CCCN(Cc3cccs3)C2)sc2nc3n(c(=O)c12)CCCCC3. The van der Waals surface area contributed by atoms with Gasteiger partial charge in [0.1, 0.15) is 10.7 Å². The lowest BCUT2D eigenvalue weighted by Crippen LogP contribution is -2.40. The summed E-state index contributed by atoms with van der Waals surface area (Å²) in [5.74, 6) is 1.27. The molecule has 0 aromatic carbocycles. The minimum Gasteiger partial charge on any atom is -0.351 e. The lowest BCUT2D eigenvalue weighted by Gasteiger charge is -2.32. The molecule has 1 fully saturated rings. The largest absolute Gasteiger partial charge is 0.351 e. The fourth-order valence-electron chi connectivity index (χ4n) is 5.03. The molecule has 170 valence electrons. The molecule has 0 saturated carbocycles. The number of aromatic nitrogens is 2. The Morgan fingerprint density at radius 1 is 1.25 bits per heavy atom. The molecule has 32 heavy (non-hydrogen) atoms. The van der Waals surface area contributed by atoms with Crippen LogP contribution in [0.15, 0.2) is 22.3 Å². The van der Waals surface area contributed by atoms with Crippen LogP contribution in [0.4, 0.5) is 0 Å². The highest BCUT2D eigenvalue weighted by Gasteiger charge is 2.24. The van der Waals surface area contributed by atoms with Crippen molar-refractivity contribution in [2.45, 2.75) is 58.5 Å². The molecule has 3 aromatic rings. The van der Waals surface area contributed by atoms with Gasteiger partial charge in [0, 0.05) is 37.5 Å². The fourth-order valence-corrected chi connectivity index (χ4v) is 6.88. The van der Waals surface area contributed by atoms with Crippen LogP contribution in [-0.2, 0) is 19.5 Å². The number of nitrogens with zero attached hydrogens (tertiary/aromatic N) is 3. The molecule has 3 aromatic heterocycles. The molecule has 0 radical (unpaired) electrons. The summed E-state index contributed by atoms with van der Waals surface area (Å²) in [6.45, 7) is 6.44. The zero-order chi connectivity index (χ0) is 22.1. The summed E-state index contributed by atoms with van der Waals surface area (Å²) in [4.78, 5) is 36.2. The standard InChI is InChI=1S/C24H30N4O2S2/c1-16-20-23(26-19-9-3-2-4-11-28(19)24(20)30)32-21(16)22(29)25-13-17-7-5-10-27(14-17)15-18-8-6-12-31-18/h6,8,12,17H,2-5,7,9-11,13-15H2,1H3,(H,25,29). The number of carbonyl (C=O) groups is 1. The van der Waals surface area contributed by atoms with Gasteiger partial charge in [0.15, 0.2) is 0 Å². The summed E-state index contributed by atoms with van der Waals surface area (Å²) < 4.78 is 1.83. The predicted molar refractivity (Wildman–Crippen MR) is 131 cm³/mol. The Bertz CT molecular complexity index is 1170. The highest BCUT2D eigenvalue weighted by Crippen LogP contribution is 2.28. The summed E-state index contributed by atoms with van der Waals surface area (Å²) in [5.41, 5.74) is 0.804. The number of aryl methyl sites for hydroxylation is 2. The Labute approximate surface area is 196 Å². The van der Waals surface area contributed by atoms with E-state index >= 15 is 0 Å². The Balaban J connectivity index is 1.28. The maximum absolute atomic E-state index is 13.1. The van der Waals surface area contributed by atoms with E-state index in [4.69, 9.17) is 4.98 Å². The number of carbonyl (C=O) groups excluding carboxylic acids is 1. The van der Waals surface area contributed by atoms with Crippen molar-refractivity contribution in [1.82, 2.24) is 19.8 Å². The number of rotatable bonds is 5. The van der Waals surface area contributed by atoms with E-state index in [1.165, 1.54) is 22.6 Å². The number of fused-ring (bicyclic) bond motifs is 2. The average Bonchev–Trinajstić information content (AvgIpc) is 3.33. The number of likely N-dealkylation sites (tertiary alicyclic amines) is 1. The summed E-state index contributed by atoms with van der Waals surface area (Å²) in [7, 11) is 0. The number of hydrogen-bond acceptors (Lipinski definition) is 6. The zero-order valence-electron chi connectivity index (χ0n) is 18.6. The summed E-state index contributed by atoms with van der Waals surface area (Å²) in [5, 5.41) is 5.92. The Morgan fingerprint density at radius 3 is 3.00 bits per heavy atom. The predicted octanol–water partition coefficient (Wildman–Crippen LogP) is 4.20. The molecule has 1 unspecified atom stereocenters. The molecule has 6 nitrogen and oxygen atoms in total. The van der Waals surface area contributed by atoms with Gasteiger partial charge in [-0.05, 0) is 62.1 Å². The first kappa shape index (κ1) is 21.8. The molecule has 0 spiro atoms. The zero-order valence-corrected chi connectivity index (χ0v) is 20.2. The van der Waals surface area contributed by atoms with Crippen LogP contribution >= 0.6 is 22.7 Å². The van der Waals surface area contributed by atoms with E-state index in [9.17, 15) is 9.59 Å². The van der Waals surface area contributed by atoms with Crippen LogP contribution in [0.2, 0.25) is 0 Å². The van der Waals surface area contributed by atoms with Gasteiger partial charge in [-0.3, -0.25) is 19.1 Å². The molecule has 2 aliphatic rings. The maximum atomic E-state index is 13.1.